The largest absolute Gasteiger partial charge is 0.274 e. The second kappa shape index (κ2) is 6.54. The summed E-state index contributed by atoms with van der Waals surface area (Å²) >= 11 is 0. The zero-order valence-corrected chi connectivity index (χ0v) is 14.7. The van der Waals surface area contributed by atoms with Gasteiger partial charge in [0.2, 0.25) is 0 Å². The number of pyridine rings is 1. The molecule has 3 nitrogen and oxygen atoms in total. The average Bonchev–Trinajstić information content (AvgIpc) is 3.15. The lowest BCUT2D eigenvalue weighted by Gasteiger charge is -2.06. The van der Waals surface area contributed by atoms with Gasteiger partial charge in [0.1, 0.15) is 11.4 Å². The number of imidazole rings is 1. The van der Waals surface area contributed by atoms with Crippen molar-refractivity contribution in [2.75, 3.05) is 0 Å². The van der Waals surface area contributed by atoms with Crippen LogP contribution in [0.5, 0.6) is 0 Å². The van der Waals surface area contributed by atoms with Crippen LogP contribution in [0, 0.1) is 0 Å². The van der Waals surface area contributed by atoms with Crippen LogP contribution in [0.15, 0.2) is 110 Å². The van der Waals surface area contributed by atoms with Crippen LogP contribution in [-0.2, 0) is 0 Å². The van der Waals surface area contributed by atoms with Gasteiger partial charge in [0.25, 0.3) is 12.0 Å². The van der Waals surface area contributed by atoms with Gasteiger partial charge in [-0.2, -0.15) is 9.13 Å². The number of rotatable bonds is 3. The van der Waals surface area contributed by atoms with Gasteiger partial charge >= 0.3 is 0 Å². The molecule has 0 radical (unpaired) electrons. The number of aromatic nitrogens is 3. The number of nitrogens with zero attached hydrogens (tertiary/aromatic N) is 3. The molecule has 0 aliphatic carbocycles. The molecule has 0 N–H and O–H groups in total. The van der Waals surface area contributed by atoms with Crippen LogP contribution in [0.4, 0.5) is 0 Å². The Hall–Kier alpha value is -3.72. The SMILES string of the molecule is c1ccc(-c2ccccc2-[n+]2cn(-c3ccccc3)c3ncccc32)cc1. The summed E-state index contributed by atoms with van der Waals surface area (Å²) in [5.74, 6) is 0. The van der Waals surface area contributed by atoms with Crippen LogP contribution < -0.4 is 4.57 Å². The summed E-state index contributed by atoms with van der Waals surface area (Å²) in [5.41, 5.74) is 6.63. The molecule has 27 heavy (non-hydrogen) atoms. The third-order valence-electron chi connectivity index (χ3n) is 4.77. The van der Waals surface area contributed by atoms with Crippen molar-refractivity contribution in [2.45, 2.75) is 0 Å². The maximum absolute atomic E-state index is 4.65. The van der Waals surface area contributed by atoms with Crippen LogP contribution in [0.25, 0.3) is 33.7 Å². The second-order valence-electron chi connectivity index (χ2n) is 6.42. The van der Waals surface area contributed by atoms with Crippen molar-refractivity contribution >= 4 is 11.2 Å². The van der Waals surface area contributed by atoms with E-state index in [1.54, 1.807) is 0 Å². The van der Waals surface area contributed by atoms with Gasteiger partial charge < -0.3 is 0 Å². The molecule has 128 valence electrons. The Kier molecular flexibility index (Phi) is 3.76. The molecule has 0 aliphatic rings. The monoisotopic (exact) mass is 348 g/mol. The molecule has 0 bridgehead atoms. The summed E-state index contributed by atoms with van der Waals surface area (Å²) in [4.78, 5) is 4.65. The fraction of sp³-hybridized carbons (Fsp3) is 0. The Bertz CT molecular complexity index is 1210. The molecule has 0 saturated heterocycles. The van der Waals surface area contributed by atoms with Gasteiger partial charge in [0.15, 0.2) is 5.52 Å². The minimum Gasteiger partial charge on any atom is -0.214 e. The second-order valence-corrected chi connectivity index (χ2v) is 6.42. The highest BCUT2D eigenvalue weighted by atomic mass is 15.2. The molecule has 5 aromatic rings. The molecule has 2 aromatic heterocycles. The van der Waals surface area contributed by atoms with E-state index in [1.165, 1.54) is 11.1 Å². The molecular formula is C24H18N3+. The Morgan fingerprint density at radius 3 is 2.19 bits per heavy atom. The third kappa shape index (κ3) is 2.70. The molecule has 0 saturated carbocycles. The summed E-state index contributed by atoms with van der Waals surface area (Å²) in [6.45, 7) is 0. The predicted molar refractivity (Wildman–Crippen MR) is 108 cm³/mol. The van der Waals surface area contributed by atoms with E-state index in [4.69, 9.17) is 0 Å². The molecular weight excluding hydrogens is 330 g/mol. The van der Waals surface area contributed by atoms with Crippen LogP contribution in [0.2, 0.25) is 0 Å². The lowest BCUT2D eigenvalue weighted by molar-refractivity contribution is -0.567. The molecule has 0 atom stereocenters. The Morgan fingerprint density at radius 1 is 0.667 bits per heavy atom. The standard InChI is InChI=1S/C24H18N3/c1-3-10-19(11-4-1)21-14-7-8-15-22(21)27-18-26(20-12-5-2-6-13-20)24-23(27)16-9-17-25-24/h1-18H/q+1. The Balaban J connectivity index is 1.79. The zero-order chi connectivity index (χ0) is 18.1. The molecule has 0 aliphatic heterocycles. The zero-order valence-electron chi connectivity index (χ0n) is 14.7. The van der Waals surface area contributed by atoms with Crippen LogP contribution >= 0.6 is 0 Å². The van der Waals surface area contributed by atoms with Crippen LogP contribution in [0.1, 0.15) is 0 Å². The Labute approximate surface area is 157 Å². The number of fused-ring (bicyclic) bond motifs is 1. The highest BCUT2D eigenvalue weighted by molar-refractivity contribution is 5.74. The van der Waals surface area contributed by atoms with E-state index in [2.05, 4.69) is 87.2 Å². The highest BCUT2D eigenvalue weighted by Crippen LogP contribution is 2.25. The first-order valence-electron chi connectivity index (χ1n) is 9.00. The highest BCUT2D eigenvalue weighted by Gasteiger charge is 2.21. The van der Waals surface area contributed by atoms with Crippen molar-refractivity contribution < 1.29 is 4.57 Å². The van der Waals surface area contributed by atoms with Crippen molar-refractivity contribution in [3.05, 3.63) is 110 Å². The number of hydrogen-bond acceptors (Lipinski definition) is 1. The van der Waals surface area contributed by atoms with E-state index in [1.807, 2.05) is 36.5 Å². The minimum atomic E-state index is 0.937. The summed E-state index contributed by atoms with van der Waals surface area (Å²) in [6, 6.07) is 33.4. The smallest absolute Gasteiger partial charge is 0.214 e. The lowest BCUT2D eigenvalue weighted by atomic mass is 10.0. The topological polar surface area (TPSA) is 21.7 Å². The number of hydrogen-bond donors (Lipinski definition) is 0. The van der Waals surface area contributed by atoms with E-state index in [0.29, 0.717) is 0 Å². The van der Waals surface area contributed by atoms with Gasteiger partial charge in [0, 0.05) is 11.8 Å². The van der Waals surface area contributed by atoms with E-state index in [9.17, 15) is 0 Å². The fourth-order valence-electron chi connectivity index (χ4n) is 3.51. The van der Waals surface area contributed by atoms with Gasteiger partial charge in [-0.1, -0.05) is 66.7 Å². The van der Waals surface area contributed by atoms with E-state index < -0.39 is 0 Å². The quantitative estimate of drug-likeness (QED) is 0.422. The fourth-order valence-corrected chi connectivity index (χ4v) is 3.51. The average molecular weight is 348 g/mol. The molecule has 3 heteroatoms. The van der Waals surface area contributed by atoms with Gasteiger partial charge in [0.05, 0.1) is 0 Å². The van der Waals surface area contributed by atoms with Crippen molar-refractivity contribution in [1.29, 1.82) is 0 Å². The molecule has 5 rings (SSSR count). The van der Waals surface area contributed by atoms with E-state index in [0.717, 1.165) is 22.5 Å². The van der Waals surface area contributed by atoms with Crippen LogP contribution in [0.3, 0.4) is 0 Å². The maximum atomic E-state index is 4.65. The first-order chi connectivity index (χ1) is 13.4. The van der Waals surface area contributed by atoms with Crippen molar-refractivity contribution in [2.24, 2.45) is 0 Å². The minimum absolute atomic E-state index is 0.937. The summed E-state index contributed by atoms with van der Waals surface area (Å²) in [5, 5.41) is 0. The first kappa shape index (κ1) is 15.5. The summed E-state index contributed by atoms with van der Waals surface area (Å²) < 4.78 is 4.36. The molecule has 0 amide bonds. The van der Waals surface area contributed by atoms with Gasteiger partial charge in [-0.25, -0.2) is 4.98 Å². The number of benzene rings is 3. The first-order valence-corrected chi connectivity index (χ1v) is 9.00. The van der Waals surface area contributed by atoms with Crippen molar-refractivity contribution in [3.8, 4) is 22.5 Å². The summed E-state index contributed by atoms with van der Waals surface area (Å²) in [6.07, 6.45) is 3.96. The lowest BCUT2D eigenvalue weighted by Crippen LogP contribution is -2.29. The molecule has 3 aromatic carbocycles. The van der Waals surface area contributed by atoms with E-state index in [-0.39, 0.29) is 0 Å². The van der Waals surface area contributed by atoms with Gasteiger partial charge in [-0.15, -0.1) is 0 Å². The molecule has 0 spiro atoms. The predicted octanol–water partition coefficient (Wildman–Crippen LogP) is 4.97. The van der Waals surface area contributed by atoms with Crippen LogP contribution in [-0.4, -0.2) is 9.55 Å². The Morgan fingerprint density at radius 2 is 1.37 bits per heavy atom. The van der Waals surface area contributed by atoms with Crippen molar-refractivity contribution in [1.82, 2.24) is 9.55 Å². The molecule has 2 heterocycles. The maximum Gasteiger partial charge on any atom is 0.274 e. The number of para-hydroxylation sites is 2. The molecule has 0 unspecified atom stereocenters. The van der Waals surface area contributed by atoms with Crippen molar-refractivity contribution in [3.63, 3.8) is 0 Å². The normalized spacial score (nSPS) is 11.0. The van der Waals surface area contributed by atoms with E-state index >= 15 is 0 Å². The summed E-state index contributed by atoms with van der Waals surface area (Å²) in [7, 11) is 0. The third-order valence-corrected chi connectivity index (χ3v) is 4.77. The molecule has 0 fully saturated rings. The van der Waals surface area contributed by atoms with Gasteiger partial charge in [-0.05, 0) is 35.9 Å². The van der Waals surface area contributed by atoms with Gasteiger partial charge in [-0.3, -0.25) is 0 Å².